The standard InChI is InChI=1S/C24H29N3O5S/c1-2-32-20-10-8-19(9-11-20)25-24(29)18-6-4-14-27(16-18)33(30,31)21-12-13-22-17(15-21)5-3-7-23(28)26-22/h8-13,15,18H,2-7,14,16H2,1H3,(H,25,29)(H,26,28)/t18-/m1/s1. The molecule has 2 N–H and O–H groups in total. The van der Waals surface area contributed by atoms with Crippen molar-refractivity contribution in [2.24, 2.45) is 5.92 Å². The summed E-state index contributed by atoms with van der Waals surface area (Å²) in [7, 11) is -3.75. The van der Waals surface area contributed by atoms with Crippen LogP contribution in [0, 0.1) is 5.92 Å². The molecule has 4 rings (SSSR count). The van der Waals surface area contributed by atoms with Gasteiger partial charge in [0.25, 0.3) is 0 Å². The van der Waals surface area contributed by atoms with E-state index in [0.29, 0.717) is 56.6 Å². The van der Waals surface area contributed by atoms with Crippen molar-refractivity contribution >= 4 is 33.2 Å². The Kier molecular flexibility index (Phi) is 6.99. The number of amides is 2. The molecule has 8 nitrogen and oxygen atoms in total. The van der Waals surface area contributed by atoms with Crippen molar-refractivity contribution in [3.8, 4) is 5.75 Å². The van der Waals surface area contributed by atoms with Gasteiger partial charge in [0.05, 0.1) is 17.4 Å². The highest BCUT2D eigenvalue weighted by molar-refractivity contribution is 7.89. The molecule has 2 amide bonds. The first-order valence-electron chi connectivity index (χ1n) is 11.3. The highest BCUT2D eigenvalue weighted by atomic mass is 32.2. The first-order valence-corrected chi connectivity index (χ1v) is 12.8. The van der Waals surface area contributed by atoms with Crippen LogP contribution in [-0.4, -0.2) is 44.2 Å². The smallest absolute Gasteiger partial charge is 0.243 e. The molecular weight excluding hydrogens is 442 g/mol. The quantitative estimate of drug-likeness (QED) is 0.672. The zero-order valence-corrected chi connectivity index (χ0v) is 19.5. The van der Waals surface area contributed by atoms with Gasteiger partial charge in [-0.1, -0.05) is 0 Å². The van der Waals surface area contributed by atoms with E-state index in [9.17, 15) is 18.0 Å². The number of rotatable bonds is 6. The number of piperidine rings is 1. The Labute approximate surface area is 194 Å². The Morgan fingerprint density at radius 2 is 1.94 bits per heavy atom. The molecule has 2 aliphatic heterocycles. The van der Waals surface area contributed by atoms with E-state index in [0.717, 1.165) is 11.3 Å². The minimum Gasteiger partial charge on any atom is -0.494 e. The molecule has 1 atom stereocenters. The summed E-state index contributed by atoms with van der Waals surface area (Å²) in [5, 5.41) is 5.72. The Balaban J connectivity index is 1.45. The van der Waals surface area contributed by atoms with Crippen molar-refractivity contribution in [2.45, 2.75) is 43.9 Å². The Bertz CT molecular complexity index is 1130. The largest absolute Gasteiger partial charge is 0.494 e. The maximum Gasteiger partial charge on any atom is 0.243 e. The van der Waals surface area contributed by atoms with Crippen molar-refractivity contribution in [2.75, 3.05) is 30.3 Å². The molecule has 1 saturated heterocycles. The van der Waals surface area contributed by atoms with E-state index in [4.69, 9.17) is 4.74 Å². The number of hydrogen-bond donors (Lipinski definition) is 2. The van der Waals surface area contributed by atoms with Gasteiger partial charge in [0.2, 0.25) is 21.8 Å². The molecule has 2 heterocycles. The number of carbonyl (C=O) groups excluding carboxylic acids is 2. The predicted molar refractivity (Wildman–Crippen MR) is 126 cm³/mol. The number of benzene rings is 2. The number of carbonyl (C=O) groups is 2. The van der Waals surface area contributed by atoms with Gasteiger partial charge in [-0.2, -0.15) is 4.31 Å². The van der Waals surface area contributed by atoms with Gasteiger partial charge in [-0.05, 0) is 80.6 Å². The van der Waals surface area contributed by atoms with Gasteiger partial charge < -0.3 is 15.4 Å². The molecule has 0 saturated carbocycles. The lowest BCUT2D eigenvalue weighted by Gasteiger charge is -2.31. The first kappa shape index (κ1) is 23.3. The van der Waals surface area contributed by atoms with E-state index >= 15 is 0 Å². The fourth-order valence-corrected chi connectivity index (χ4v) is 5.86. The molecule has 0 radical (unpaired) electrons. The lowest BCUT2D eigenvalue weighted by Crippen LogP contribution is -2.43. The van der Waals surface area contributed by atoms with Crippen LogP contribution in [0.5, 0.6) is 5.75 Å². The maximum absolute atomic E-state index is 13.3. The molecular formula is C24H29N3O5S. The van der Waals surface area contributed by atoms with Gasteiger partial charge in [-0.3, -0.25) is 9.59 Å². The molecule has 176 valence electrons. The summed E-state index contributed by atoms with van der Waals surface area (Å²) in [6, 6.07) is 12.0. The number of aryl methyl sites for hydroxylation is 1. The summed E-state index contributed by atoms with van der Waals surface area (Å²) in [6.07, 6.45) is 2.99. The average molecular weight is 472 g/mol. The molecule has 2 aromatic carbocycles. The lowest BCUT2D eigenvalue weighted by atomic mass is 9.99. The number of nitrogens with zero attached hydrogens (tertiary/aromatic N) is 1. The van der Waals surface area contributed by atoms with Crippen molar-refractivity contribution in [1.82, 2.24) is 4.31 Å². The predicted octanol–water partition coefficient (Wildman–Crippen LogP) is 3.40. The SMILES string of the molecule is CCOc1ccc(NC(=O)[C@@H]2CCCN(S(=O)(=O)c3ccc4c(c3)CCCC(=O)N4)C2)cc1. The van der Waals surface area contributed by atoms with Crippen LogP contribution in [0.15, 0.2) is 47.4 Å². The average Bonchev–Trinajstić information content (AvgIpc) is 3.00. The van der Waals surface area contributed by atoms with Crippen molar-refractivity contribution in [3.63, 3.8) is 0 Å². The minimum atomic E-state index is -3.75. The fourth-order valence-electron chi connectivity index (χ4n) is 4.28. The molecule has 0 bridgehead atoms. The van der Waals surface area contributed by atoms with Gasteiger partial charge in [-0.15, -0.1) is 0 Å². The van der Waals surface area contributed by atoms with E-state index in [1.807, 2.05) is 6.92 Å². The molecule has 0 spiro atoms. The third-order valence-electron chi connectivity index (χ3n) is 6.03. The second-order valence-corrected chi connectivity index (χ2v) is 10.3. The van der Waals surface area contributed by atoms with Crippen LogP contribution in [0.4, 0.5) is 11.4 Å². The number of hydrogen-bond acceptors (Lipinski definition) is 5. The van der Waals surface area contributed by atoms with Crippen LogP contribution < -0.4 is 15.4 Å². The molecule has 0 aliphatic carbocycles. The van der Waals surface area contributed by atoms with Crippen LogP contribution in [0.25, 0.3) is 0 Å². The number of ether oxygens (including phenoxy) is 1. The minimum absolute atomic E-state index is 0.0539. The van der Waals surface area contributed by atoms with Gasteiger partial charge in [0.15, 0.2) is 0 Å². The van der Waals surface area contributed by atoms with Crippen molar-refractivity contribution in [1.29, 1.82) is 0 Å². The summed E-state index contributed by atoms with van der Waals surface area (Å²) >= 11 is 0. The second kappa shape index (κ2) is 9.93. The van der Waals surface area contributed by atoms with Gasteiger partial charge in [0.1, 0.15) is 5.75 Å². The van der Waals surface area contributed by atoms with Gasteiger partial charge >= 0.3 is 0 Å². The molecule has 2 aromatic rings. The first-order chi connectivity index (χ1) is 15.9. The van der Waals surface area contributed by atoms with Crippen LogP contribution in [0.1, 0.15) is 38.2 Å². The van der Waals surface area contributed by atoms with Gasteiger partial charge in [0, 0.05) is 30.9 Å². The maximum atomic E-state index is 13.3. The van der Waals surface area contributed by atoms with Crippen LogP contribution in [0.2, 0.25) is 0 Å². The summed E-state index contributed by atoms with van der Waals surface area (Å²) in [5.74, 6) is 0.0523. The second-order valence-electron chi connectivity index (χ2n) is 8.37. The highest BCUT2D eigenvalue weighted by Gasteiger charge is 2.33. The number of fused-ring (bicyclic) bond motifs is 1. The third-order valence-corrected chi connectivity index (χ3v) is 7.89. The topological polar surface area (TPSA) is 105 Å². The molecule has 0 unspecified atom stereocenters. The van der Waals surface area contributed by atoms with Gasteiger partial charge in [-0.25, -0.2) is 8.42 Å². The molecule has 9 heteroatoms. The summed E-state index contributed by atoms with van der Waals surface area (Å²) in [6.45, 7) is 2.99. The molecule has 0 aromatic heterocycles. The van der Waals surface area contributed by atoms with E-state index < -0.39 is 15.9 Å². The van der Waals surface area contributed by atoms with E-state index in [1.54, 1.807) is 36.4 Å². The lowest BCUT2D eigenvalue weighted by molar-refractivity contribution is -0.121. The van der Waals surface area contributed by atoms with E-state index in [-0.39, 0.29) is 23.3 Å². The zero-order chi connectivity index (χ0) is 23.4. The zero-order valence-electron chi connectivity index (χ0n) is 18.7. The number of sulfonamides is 1. The monoisotopic (exact) mass is 471 g/mol. The number of anilines is 2. The molecule has 33 heavy (non-hydrogen) atoms. The normalized spacial score (nSPS) is 19.2. The Morgan fingerprint density at radius 1 is 1.15 bits per heavy atom. The summed E-state index contributed by atoms with van der Waals surface area (Å²) < 4.78 is 33.5. The third kappa shape index (κ3) is 5.36. The summed E-state index contributed by atoms with van der Waals surface area (Å²) in [4.78, 5) is 24.8. The summed E-state index contributed by atoms with van der Waals surface area (Å²) in [5.41, 5.74) is 2.14. The van der Waals surface area contributed by atoms with Crippen LogP contribution >= 0.6 is 0 Å². The number of nitrogens with one attached hydrogen (secondary N) is 2. The highest BCUT2D eigenvalue weighted by Crippen LogP contribution is 2.29. The van der Waals surface area contributed by atoms with Crippen LogP contribution in [0.3, 0.4) is 0 Å². The van der Waals surface area contributed by atoms with E-state index in [2.05, 4.69) is 10.6 Å². The Morgan fingerprint density at radius 3 is 2.70 bits per heavy atom. The van der Waals surface area contributed by atoms with Crippen molar-refractivity contribution in [3.05, 3.63) is 48.0 Å². The molecule has 1 fully saturated rings. The van der Waals surface area contributed by atoms with Crippen LogP contribution in [-0.2, 0) is 26.0 Å². The molecule has 2 aliphatic rings. The Hall–Kier alpha value is -2.91. The van der Waals surface area contributed by atoms with Crippen molar-refractivity contribution < 1.29 is 22.7 Å². The fraction of sp³-hybridized carbons (Fsp3) is 0.417. The van der Waals surface area contributed by atoms with E-state index in [1.165, 1.54) is 10.4 Å².